The molecule has 2 aliphatic rings. The van der Waals surface area contributed by atoms with Crippen LogP contribution in [0.1, 0.15) is 64.7 Å². The van der Waals surface area contributed by atoms with E-state index in [4.69, 9.17) is 9.47 Å². The van der Waals surface area contributed by atoms with Gasteiger partial charge in [-0.25, -0.2) is 0 Å². The van der Waals surface area contributed by atoms with Gasteiger partial charge in [-0.2, -0.15) is 0 Å². The summed E-state index contributed by atoms with van der Waals surface area (Å²) < 4.78 is 10.5. The van der Waals surface area contributed by atoms with E-state index in [0.29, 0.717) is 0 Å². The number of fused-ring (bicyclic) bond motifs is 1. The Morgan fingerprint density at radius 2 is 1.36 bits per heavy atom. The number of ether oxygens (including phenoxy) is 2. The molecular formula is C12H22O2. The predicted octanol–water partition coefficient (Wildman–Crippen LogP) is 3.60. The van der Waals surface area contributed by atoms with Crippen molar-refractivity contribution in [1.82, 2.24) is 0 Å². The van der Waals surface area contributed by atoms with E-state index in [1.165, 1.54) is 51.4 Å². The Morgan fingerprint density at radius 1 is 0.857 bits per heavy atom. The molecule has 2 rings (SSSR count). The second kappa shape index (κ2) is 4.63. The lowest BCUT2D eigenvalue weighted by atomic mass is 10.1. The average molecular weight is 198 g/mol. The standard InChI is InChI=1S/C12H22O2/c1-2-3-4-5-6-7-8-9-10-12-11(13-12)14-12/h11H,2-10H2,1H3. The first kappa shape index (κ1) is 10.4. The van der Waals surface area contributed by atoms with Gasteiger partial charge in [0.25, 0.3) is 0 Å². The fourth-order valence-electron chi connectivity index (χ4n) is 2.04. The molecular weight excluding hydrogens is 176 g/mol. The van der Waals surface area contributed by atoms with Crippen molar-refractivity contribution in [3.63, 3.8) is 0 Å². The van der Waals surface area contributed by atoms with Gasteiger partial charge >= 0.3 is 0 Å². The van der Waals surface area contributed by atoms with Crippen molar-refractivity contribution in [3.8, 4) is 0 Å². The summed E-state index contributed by atoms with van der Waals surface area (Å²) in [7, 11) is 0. The molecule has 2 aliphatic heterocycles. The summed E-state index contributed by atoms with van der Waals surface area (Å²) in [4.78, 5) is 0. The summed E-state index contributed by atoms with van der Waals surface area (Å²) in [6, 6.07) is 0. The van der Waals surface area contributed by atoms with Gasteiger partial charge in [0.1, 0.15) is 0 Å². The number of unbranched alkanes of at least 4 members (excludes halogenated alkanes) is 7. The Balaban J connectivity index is 1.30. The summed E-state index contributed by atoms with van der Waals surface area (Å²) in [6.07, 6.45) is 12.4. The maximum absolute atomic E-state index is 5.23. The Hall–Kier alpha value is -0.0800. The topological polar surface area (TPSA) is 25.1 Å². The third-order valence-corrected chi connectivity index (χ3v) is 3.24. The molecule has 0 bridgehead atoms. The second-order valence-electron chi connectivity index (χ2n) is 4.60. The summed E-state index contributed by atoms with van der Waals surface area (Å²) in [5, 5.41) is 0. The van der Waals surface area contributed by atoms with Crippen molar-refractivity contribution in [2.24, 2.45) is 0 Å². The van der Waals surface area contributed by atoms with Crippen molar-refractivity contribution in [2.45, 2.75) is 76.8 Å². The fraction of sp³-hybridized carbons (Fsp3) is 1.00. The van der Waals surface area contributed by atoms with Crippen LogP contribution in [-0.2, 0) is 9.47 Å². The summed E-state index contributed by atoms with van der Waals surface area (Å²) in [5.74, 6) is -0.0395. The lowest BCUT2D eigenvalue weighted by molar-refractivity contribution is -0.0542. The monoisotopic (exact) mass is 198 g/mol. The van der Waals surface area contributed by atoms with E-state index in [9.17, 15) is 0 Å². The van der Waals surface area contributed by atoms with Crippen molar-refractivity contribution >= 4 is 0 Å². The molecule has 82 valence electrons. The number of hydrogen-bond donors (Lipinski definition) is 0. The lowest BCUT2D eigenvalue weighted by Gasteiger charge is -2.01. The highest BCUT2D eigenvalue weighted by Gasteiger charge is 2.76. The van der Waals surface area contributed by atoms with Crippen LogP contribution in [-0.4, -0.2) is 12.1 Å². The Kier molecular flexibility index (Phi) is 3.45. The largest absolute Gasteiger partial charge is 0.310 e. The van der Waals surface area contributed by atoms with E-state index in [-0.39, 0.29) is 12.1 Å². The van der Waals surface area contributed by atoms with E-state index in [1.54, 1.807) is 0 Å². The zero-order valence-electron chi connectivity index (χ0n) is 9.26. The molecule has 2 nitrogen and oxygen atoms in total. The molecule has 0 aromatic heterocycles. The van der Waals surface area contributed by atoms with E-state index in [1.807, 2.05) is 0 Å². The van der Waals surface area contributed by atoms with Crippen LogP contribution in [0.2, 0.25) is 0 Å². The maximum Gasteiger partial charge on any atom is 0.225 e. The summed E-state index contributed by atoms with van der Waals surface area (Å²) in [6.45, 7) is 2.26. The van der Waals surface area contributed by atoms with Gasteiger partial charge < -0.3 is 9.47 Å². The zero-order valence-corrected chi connectivity index (χ0v) is 9.26. The van der Waals surface area contributed by atoms with Crippen LogP contribution in [0.25, 0.3) is 0 Å². The average Bonchev–Trinajstić information content (AvgIpc) is 2.98. The van der Waals surface area contributed by atoms with E-state index >= 15 is 0 Å². The molecule has 0 spiro atoms. The highest BCUT2D eigenvalue weighted by Crippen LogP contribution is 2.59. The van der Waals surface area contributed by atoms with E-state index in [0.717, 1.165) is 6.42 Å². The maximum atomic E-state index is 5.23. The third-order valence-electron chi connectivity index (χ3n) is 3.24. The van der Waals surface area contributed by atoms with Gasteiger partial charge in [0.05, 0.1) is 0 Å². The lowest BCUT2D eigenvalue weighted by Crippen LogP contribution is -1.97. The molecule has 0 aromatic rings. The molecule has 14 heavy (non-hydrogen) atoms. The minimum absolute atomic E-state index is 0.0395. The van der Waals surface area contributed by atoms with Crippen LogP contribution in [0.3, 0.4) is 0 Å². The van der Waals surface area contributed by atoms with Gasteiger partial charge in [0, 0.05) is 6.42 Å². The molecule has 0 atom stereocenters. The van der Waals surface area contributed by atoms with Crippen molar-refractivity contribution < 1.29 is 9.47 Å². The minimum atomic E-state index is -0.0395. The molecule has 0 aliphatic carbocycles. The molecule has 0 unspecified atom stereocenters. The van der Waals surface area contributed by atoms with Crippen LogP contribution < -0.4 is 0 Å². The van der Waals surface area contributed by atoms with Crippen molar-refractivity contribution in [3.05, 3.63) is 0 Å². The number of hydrogen-bond acceptors (Lipinski definition) is 2. The smallest absolute Gasteiger partial charge is 0.225 e. The van der Waals surface area contributed by atoms with E-state index < -0.39 is 0 Å². The van der Waals surface area contributed by atoms with Gasteiger partial charge in [-0.3, -0.25) is 0 Å². The molecule has 0 saturated carbocycles. The number of rotatable bonds is 9. The molecule has 2 saturated heterocycles. The zero-order chi connectivity index (χ0) is 9.86. The Morgan fingerprint density at radius 3 is 1.86 bits per heavy atom. The molecule has 0 aromatic carbocycles. The van der Waals surface area contributed by atoms with Gasteiger partial charge in [-0.15, -0.1) is 0 Å². The van der Waals surface area contributed by atoms with Gasteiger partial charge in [-0.1, -0.05) is 51.9 Å². The van der Waals surface area contributed by atoms with Crippen LogP contribution in [0, 0.1) is 0 Å². The predicted molar refractivity (Wildman–Crippen MR) is 55.9 cm³/mol. The SMILES string of the molecule is CCCCCCCCCCC12OC1O2. The van der Waals surface area contributed by atoms with E-state index in [2.05, 4.69) is 6.92 Å². The van der Waals surface area contributed by atoms with Gasteiger partial charge in [-0.05, 0) is 6.42 Å². The second-order valence-corrected chi connectivity index (χ2v) is 4.60. The highest BCUT2D eigenvalue weighted by molar-refractivity contribution is 5.02. The van der Waals surface area contributed by atoms with Gasteiger partial charge in [0.15, 0.2) is 0 Å². The highest BCUT2D eigenvalue weighted by atomic mass is 17.0. The van der Waals surface area contributed by atoms with Crippen LogP contribution in [0.5, 0.6) is 0 Å². The normalized spacial score (nSPS) is 32.8. The van der Waals surface area contributed by atoms with Crippen LogP contribution in [0.15, 0.2) is 0 Å². The molecule has 0 N–H and O–H groups in total. The molecule has 2 heterocycles. The third kappa shape index (κ3) is 2.71. The van der Waals surface area contributed by atoms with Crippen molar-refractivity contribution in [1.29, 1.82) is 0 Å². The molecule has 0 radical (unpaired) electrons. The molecule has 0 amide bonds. The summed E-state index contributed by atoms with van der Waals surface area (Å²) >= 11 is 0. The molecule has 2 heteroatoms. The van der Waals surface area contributed by atoms with Crippen LogP contribution in [0.4, 0.5) is 0 Å². The first-order chi connectivity index (χ1) is 6.87. The van der Waals surface area contributed by atoms with Crippen molar-refractivity contribution in [2.75, 3.05) is 0 Å². The minimum Gasteiger partial charge on any atom is -0.310 e. The Labute approximate surface area is 87.0 Å². The first-order valence-corrected chi connectivity index (χ1v) is 6.23. The Bertz CT molecular complexity index is 173. The quantitative estimate of drug-likeness (QED) is 0.418. The molecule has 2 fully saturated rings. The summed E-state index contributed by atoms with van der Waals surface area (Å²) in [5.41, 5.74) is 0. The number of epoxide rings is 2. The fourth-order valence-corrected chi connectivity index (χ4v) is 2.04. The van der Waals surface area contributed by atoms with Crippen LogP contribution >= 0.6 is 0 Å². The first-order valence-electron chi connectivity index (χ1n) is 6.23. The van der Waals surface area contributed by atoms with Gasteiger partial charge in [0.2, 0.25) is 12.1 Å².